The first kappa shape index (κ1) is 29.5. The molecule has 10 nitrogen and oxygen atoms in total. The lowest BCUT2D eigenvalue weighted by Crippen LogP contribution is -2.23. The zero-order valence-corrected chi connectivity index (χ0v) is 19.7. The maximum Gasteiger partial charge on any atom is 0.476 e. The van der Waals surface area contributed by atoms with Gasteiger partial charge in [-0.2, -0.15) is 0 Å². The normalized spacial score (nSPS) is 14.9. The molecule has 0 bridgehead atoms. The van der Waals surface area contributed by atoms with Crippen molar-refractivity contribution >= 4 is 19.8 Å². The molecular formula is C20H35O10P. The Morgan fingerprint density at radius 1 is 0.806 bits per heavy atom. The first-order valence-corrected chi connectivity index (χ1v) is 11.6. The van der Waals surface area contributed by atoms with Gasteiger partial charge in [-0.15, -0.1) is 0 Å². The van der Waals surface area contributed by atoms with Crippen molar-refractivity contribution in [2.75, 3.05) is 26.4 Å². The van der Waals surface area contributed by atoms with Gasteiger partial charge in [0.05, 0.1) is 13.2 Å². The average Bonchev–Trinajstić information content (AvgIpc) is 2.67. The Hall–Kier alpha value is -1.55. The summed E-state index contributed by atoms with van der Waals surface area (Å²) in [4.78, 5) is 32.8. The standard InChI is InChI=1S/C20H35O10P/c1-7-9-17(25-11-13-27-19(21)15(3)4)29-31(23,24)30-18(10-8-2)26-12-14-28-20(22)16(5)6/h17-18H,3,5,7-14H2,1-2,4,6H3,(H,23,24). The van der Waals surface area contributed by atoms with Crippen LogP contribution < -0.4 is 0 Å². The van der Waals surface area contributed by atoms with Crippen molar-refractivity contribution in [3.05, 3.63) is 24.3 Å². The van der Waals surface area contributed by atoms with Gasteiger partial charge in [0, 0.05) is 11.1 Å². The Balaban J connectivity index is 4.60. The lowest BCUT2D eigenvalue weighted by atomic mass is 10.3. The smallest absolute Gasteiger partial charge is 0.460 e. The van der Waals surface area contributed by atoms with E-state index in [0.717, 1.165) is 0 Å². The molecule has 2 atom stereocenters. The number of esters is 2. The minimum Gasteiger partial charge on any atom is -0.460 e. The summed E-state index contributed by atoms with van der Waals surface area (Å²) in [6.45, 7) is 13.5. The van der Waals surface area contributed by atoms with Crippen molar-refractivity contribution in [2.45, 2.75) is 66.0 Å². The molecule has 1 N–H and O–H groups in total. The molecule has 180 valence electrons. The predicted octanol–water partition coefficient (Wildman–Crippen LogP) is 3.64. The lowest BCUT2D eigenvalue weighted by molar-refractivity contribution is -0.155. The van der Waals surface area contributed by atoms with Crippen LogP contribution >= 0.6 is 7.82 Å². The topological polar surface area (TPSA) is 127 Å². The summed E-state index contributed by atoms with van der Waals surface area (Å²) >= 11 is 0. The molecule has 0 aliphatic heterocycles. The second-order valence-corrected chi connectivity index (χ2v) is 8.05. The fraction of sp³-hybridized carbons (Fsp3) is 0.700. The molecule has 0 amide bonds. The third-order valence-electron chi connectivity index (χ3n) is 3.49. The van der Waals surface area contributed by atoms with Crippen LogP contribution in [0.1, 0.15) is 53.4 Å². The van der Waals surface area contributed by atoms with Crippen LogP contribution in [0.5, 0.6) is 0 Å². The van der Waals surface area contributed by atoms with E-state index in [-0.39, 0.29) is 37.6 Å². The van der Waals surface area contributed by atoms with Crippen LogP contribution in [0.15, 0.2) is 24.3 Å². The fourth-order valence-corrected chi connectivity index (χ4v) is 2.98. The number of rotatable bonds is 18. The Morgan fingerprint density at radius 2 is 1.16 bits per heavy atom. The second-order valence-electron chi connectivity index (χ2n) is 6.69. The van der Waals surface area contributed by atoms with Crippen molar-refractivity contribution < 1.29 is 47.0 Å². The highest BCUT2D eigenvalue weighted by atomic mass is 31.2. The molecule has 0 aromatic carbocycles. The zero-order valence-electron chi connectivity index (χ0n) is 18.8. The van der Waals surface area contributed by atoms with E-state index >= 15 is 0 Å². The molecular weight excluding hydrogens is 431 g/mol. The van der Waals surface area contributed by atoms with Crippen LogP contribution in [0, 0.1) is 0 Å². The van der Waals surface area contributed by atoms with Crippen molar-refractivity contribution in [3.8, 4) is 0 Å². The van der Waals surface area contributed by atoms with Crippen molar-refractivity contribution in [2.24, 2.45) is 0 Å². The monoisotopic (exact) mass is 466 g/mol. The van der Waals surface area contributed by atoms with Gasteiger partial charge in [-0.05, 0) is 26.7 Å². The summed E-state index contributed by atoms with van der Waals surface area (Å²) in [6.07, 6.45) is -0.221. The number of phosphoric acid groups is 1. The molecule has 0 spiro atoms. The van der Waals surface area contributed by atoms with Gasteiger partial charge < -0.3 is 23.8 Å². The van der Waals surface area contributed by atoms with Gasteiger partial charge in [0.1, 0.15) is 13.2 Å². The van der Waals surface area contributed by atoms with Gasteiger partial charge in [-0.3, -0.25) is 9.05 Å². The molecule has 0 fully saturated rings. The summed E-state index contributed by atoms with van der Waals surface area (Å²) in [7, 11) is -4.52. The van der Waals surface area contributed by atoms with Crippen LogP contribution in [0.25, 0.3) is 0 Å². The highest BCUT2D eigenvalue weighted by molar-refractivity contribution is 7.47. The zero-order chi connectivity index (χ0) is 23.9. The van der Waals surface area contributed by atoms with E-state index in [1.807, 2.05) is 13.8 Å². The summed E-state index contributed by atoms with van der Waals surface area (Å²) in [6, 6.07) is 0. The molecule has 0 radical (unpaired) electrons. The van der Waals surface area contributed by atoms with E-state index in [1.165, 1.54) is 13.8 Å². The van der Waals surface area contributed by atoms with Gasteiger partial charge in [0.2, 0.25) is 0 Å². The van der Waals surface area contributed by atoms with E-state index in [1.54, 1.807) is 0 Å². The molecule has 11 heteroatoms. The Kier molecular flexibility index (Phi) is 15.3. The largest absolute Gasteiger partial charge is 0.476 e. The molecule has 0 aliphatic carbocycles. The van der Waals surface area contributed by atoms with Gasteiger partial charge in [-0.25, -0.2) is 14.2 Å². The minimum absolute atomic E-state index is 0.0351. The number of hydrogen-bond acceptors (Lipinski definition) is 9. The van der Waals surface area contributed by atoms with E-state index in [4.69, 9.17) is 28.0 Å². The molecule has 31 heavy (non-hydrogen) atoms. The third-order valence-corrected chi connectivity index (χ3v) is 4.49. The molecule has 0 rings (SSSR count). The number of carbonyl (C=O) groups is 2. The van der Waals surface area contributed by atoms with Crippen molar-refractivity contribution in [3.63, 3.8) is 0 Å². The SMILES string of the molecule is C=C(C)C(=O)OCCOC(CCC)OP(=O)(O)OC(CCC)OCCOC(=O)C(=C)C. The summed E-state index contributed by atoms with van der Waals surface area (Å²) in [5.41, 5.74) is 0.511. The molecule has 0 saturated heterocycles. The number of hydrogen-bond donors (Lipinski definition) is 1. The van der Waals surface area contributed by atoms with Crippen LogP contribution in [0.3, 0.4) is 0 Å². The van der Waals surface area contributed by atoms with Crippen LogP contribution in [0.2, 0.25) is 0 Å². The van der Waals surface area contributed by atoms with E-state index in [0.29, 0.717) is 25.7 Å². The molecule has 0 aromatic rings. The third kappa shape index (κ3) is 15.0. The second kappa shape index (κ2) is 16.1. The summed E-state index contributed by atoms with van der Waals surface area (Å²) in [5.74, 6) is -1.11. The Morgan fingerprint density at radius 3 is 1.45 bits per heavy atom. The van der Waals surface area contributed by atoms with Gasteiger partial charge in [0.15, 0.2) is 12.6 Å². The lowest BCUT2D eigenvalue weighted by Gasteiger charge is -2.24. The number of carbonyl (C=O) groups excluding carboxylic acids is 2. The van der Waals surface area contributed by atoms with Crippen molar-refractivity contribution in [1.82, 2.24) is 0 Å². The predicted molar refractivity (Wildman–Crippen MR) is 113 cm³/mol. The minimum atomic E-state index is -4.52. The van der Waals surface area contributed by atoms with Gasteiger partial charge in [-0.1, -0.05) is 39.8 Å². The first-order valence-electron chi connectivity index (χ1n) is 10.1. The molecule has 0 heterocycles. The highest BCUT2D eigenvalue weighted by Crippen LogP contribution is 2.47. The fourth-order valence-electron chi connectivity index (χ4n) is 2.00. The van der Waals surface area contributed by atoms with Crippen LogP contribution in [-0.4, -0.2) is 55.8 Å². The quantitative estimate of drug-likeness (QED) is 0.105. The molecule has 2 unspecified atom stereocenters. The number of phosphoric ester groups is 1. The van der Waals surface area contributed by atoms with Crippen LogP contribution in [-0.2, 0) is 42.1 Å². The van der Waals surface area contributed by atoms with E-state index in [9.17, 15) is 19.0 Å². The molecule has 0 aromatic heterocycles. The van der Waals surface area contributed by atoms with E-state index in [2.05, 4.69) is 13.2 Å². The average molecular weight is 466 g/mol. The van der Waals surface area contributed by atoms with Crippen LogP contribution in [0.4, 0.5) is 0 Å². The maximum atomic E-state index is 12.4. The van der Waals surface area contributed by atoms with E-state index < -0.39 is 32.3 Å². The maximum absolute atomic E-state index is 12.4. The molecule has 0 saturated carbocycles. The van der Waals surface area contributed by atoms with Crippen molar-refractivity contribution in [1.29, 1.82) is 0 Å². The number of ether oxygens (including phenoxy) is 4. The first-order chi connectivity index (χ1) is 14.5. The Bertz CT molecular complexity index is 583. The summed E-state index contributed by atoms with van der Waals surface area (Å²) < 4.78 is 43.2. The summed E-state index contributed by atoms with van der Waals surface area (Å²) in [5, 5.41) is 0. The van der Waals surface area contributed by atoms with Gasteiger partial charge in [0.25, 0.3) is 0 Å². The highest BCUT2D eigenvalue weighted by Gasteiger charge is 2.31. The van der Waals surface area contributed by atoms with Gasteiger partial charge >= 0.3 is 19.8 Å². The molecule has 0 aliphatic rings. The Labute approximate surface area is 184 Å².